The van der Waals surface area contributed by atoms with Gasteiger partial charge in [-0.25, -0.2) is 8.42 Å². The second-order valence-corrected chi connectivity index (χ2v) is 8.35. The molecule has 0 aliphatic heterocycles. The Labute approximate surface area is 143 Å². The second-order valence-electron chi connectivity index (χ2n) is 4.05. The van der Waals surface area contributed by atoms with Crippen molar-refractivity contribution in [2.45, 2.75) is 4.90 Å². The Kier molecular flexibility index (Phi) is 5.08. The van der Waals surface area contributed by atoms with E-state index in [0.717, 1.165) is 4.47 Å². The van der Waals surface area contributed by atoms with Crippen molar-refractivity contribution < 1.29 is 13.2 Å². The molecular weight excluding hydrogens is 445 g/mol. The van der Waals surface area contributed by atoms with Crippen LogP contribution in [-0.4, -0.2) is 14.3 Å². The Morgan fingerprint density at radius 3 is 2.38 bits per heavy atom. The van der Waals surface area contributed by atoms with Gasteiger partial charge in [0, 0.05) is 30.9 Å². The number of benzene rings is 2. The third kappa shape index (κ3) is 4.29. The van der Waals surface area contributed by atoms with Gasteiger partial charge in [0.05, 0.1) is 4.90 Å². The van der Waals surface area contributed by atoms with Crippen molar-refractivity contribution in [2.75, 3.05) is 5.32 Å². The highest BCUT2D eigenvalue weighted by Crippen LogP contribution is 2.28. The Hall–Kier alpha value is -0.890. The first kappa shape index (κ1) is 16.5. The Morgan fingerprint density at radius 1 is 1.10 bits per heavy atom. The molecule has 21 heavy (non-hydrogen) atoms. The van der Waals surface area contributed by atoms with Gasteiger partial charge in [0.25, 0.3) is 15.0 Å². The van der Waals surface area contributed by atoms with Crippen LogP contribution in [0.4, 0.5) is 5.69 Å². The first-order chi connectivity index (χ1) is 9.77. The minimum atomic E-state index is -3.83. The van der Waals surface area contributed by atoms with Crippen molar-refractivity contribution in [2.24, 2.45) is 0 Å². The minimum absolute atomic E-state index is 0.0513. The molecule has 0 heterocycles. The van der Waals surface area contributed by atoms with Crippen LogP contribution in [0, 0.1) is 0 Å². The molecule has 0 spiro atoms. The molecule has 0 radical (unpaired) electrons. The molecule has 1 N–H and O–H groups in total. The lowest BCUT2D eigenvalue weighted by atomic mass is 10.2. The molecule has 4 nitrogen and oxygen atoms in total. The molecule has 0 aromatic heterocycles. The number of carbonyl (C=O) groups is 1. The Morgan fingerprint density at radius 2 is 1.81 bits per heavy atom. The zero-order valence-corrected chi connectivity index (χ0v) is 15.1. The predicted molar refractivity (Wildman–Crippen MR) is 89.3 cm³/mol. The molecule has 110 valence electrons. The molecule has 0 fully saturated rings. The van der Waals surface area contributed by atoms with E-state index in [1.165, 1.54) is 18.2 Å². The lowest BCUT2D eigenvalue weighted by molar-refractivity contribution is 0.102. The number of amides is 1. The third-order valence-electron chi connectivity index (χ3n) is 2.54. The molecule has 1 amide bonds. The van der Waals surface area contributed by atoms with Crippen molar-refractivity contribution in [1.82, 2.24) is 0 Å². The van der Waals surface area contributed by atoms with Crippen molar-refractivity contribution in [3.05, 3.63) is 57.0 Å². The van der Waals surface area contributed by atoms with Gasteiger partial charge >= 0.3 is 0 Å². The fraction of sp³-hybridized carbons (Fsp3) is 0. The van der Waals surface area contributed by atoms with Gasteiger partial charge in [0.1, 0.15) is 0 Å². The lowest BCUT2D eigenvalue weighted by Crippen LogP contribution is -2.12. The monoisotopic (exact) mass is 451 g/mol. The molecule has 0 aliphatic rings. The van der Waals surface area contributed by atoms with Crippen LogP contribution >= 0.6 is 42.5 Å². The largest absolute Gasteiger partial charge is 0.322 e. The normalized spacial score (nSPS) is 11.2. The molecule has 2 aromatic carbocycles. The number of rotatable bonds is 3. The predicted octanol–water partition coefficient (Wildman–Crippen LogP) is 4.39. The summed E-state index contributed by atoms with van der Waals surface area (Å²) in [6, 6.07) is 11.2. The summed E-state index contributed by atoms with van der Waals surface area (Å²) in [7, 11) is 1.45. The smallest absolute Gasteiger partial charge is 0.262 e. The summed E-state index contributed by atoms with van der Waals surface area (Å²) in [5.74, 6) is -0.301. The highest BCUT2D eigenvalue weighted by atomic mass is 79.9. The van der Waals surface area contributed by atoms with Crippen LogP contribution in [0.1, 0.15) is 10.4 Å². The highest BCUT2D eigenvalue weighted by molar-refractivity contribution is 9.10. The van der Waals surface area contributed by atoms with Crippen LogP contribution in [0.25, 0.3) is 0 Å². The molecular formula is C13H8Br2ClNO3S. The topological polar surface area (TPSA) is 63.2 Å². The SMILES string of the molecule is O=C(Nc1ccc(S(=O)(=O)Cl)c(Br)c1)c1cccc(Br)c1. The summed E-state index contributed by atoms with van der Waals surface area (Å²) in [6.07, 6.45) is 0. The van der Waals surface area contributed by atoms with Crippen molar-refractivity contribution in [1.29, 1.82) is 0 Å². The molecule has 0 aliphatic carbocycles. The molecule has 0 unspecified atom stereocenters. The fourth-order valence-corrected chi connectivity index (χ4v) is 4.23. The summed E-state index contributed by atoms with van der Waals surface area (Å²) in [6.45, 7) is 0. The van der Waals surface area contributed by atoms with Crippen LogP contribution in [0.2, 0.25) is 0 Å². The molecule has 0 saturated carbocycles. The maximum atomic E-state index is 12.1. The Balaban J connectivity index is 2.25. The fourth-order valence-electron chi connectivity index (χ4n) is 1.61. The second kappa shape index (κ2) is 6.48. The summed E-state index contributed by atoms with van der Waals surface area (Å²) < 4.78 is 23.7. The van der Waals surface area contributed by atoms with Gasteiger partial charge in [0.15, 0.2) is 0 Å². The standard InChI is InChI=1S/C13H8Br2ClNO3S/c14-9-3-1-2-8(6-9)13(18)17-10-4-5-12(11(15)7-10)21(16,19)20/h1-7H,(H,17,18). The van der Waals surface area contributed by atoms with Crippen LogP contribution in [-0.2, 0) is 9.05 Å². The molecule has 0 bridgehead atoms. The van der Waals surface area contributed by atoms with E-state index >= 15 is 0 Å². The van der Waals surface area contributed by atoms with E-state index in [1.807, 2.05) is 6.07 Å². The number of hydrogen-bond donors (Lipinski definition) is 1. The van der Waals surface area contributed by atoms with E-state index in [1.54, 1.807) is 18.2 Å². The summed E-state index contributed by atoms with van der Waals surface area (Å²) in [5.41, 5.74) is 0.936. The van der Waals surface area contributed by atoms with Crippen molar-refractivity contribution >= 4 is 63.2 Å². The first-order valence-corrected chi connectivity index (χ1v) is 9.48. The minimum Gasteiger partial charge on any atom is -0.322 e. The maximum Gasteiger partial charge on any atom is 0.262 e. The van der Waals surface area contributed by atoms with Gasteiger partial charge in [-0.2, -0.15) is 0 Å². The van der Waals surface area contributed by atoms with Gasteiger partial charge in [-0.1, -0.05) is 22.0 Å². The van der Waals surface area contributed by atoms with E-state index in [0.29, 0.717) is 11.3 Å². The molecule has 2 rings (SSSR count). The van der Waals surface area contributed by atoms with Gasteiger partial charge in [-0.05, 0) is 52.3 Å². The van der Waals surface area contributed by atoms with Crippen LogP contribution in [0.3, 0.4) is 0 Å². The number of halogens is 3. The molecule has 2 aromatic rings. The number of carbonyl (C=O) groups excluding carboxylic acids is 1. The van der Waals surface area contributed by atoms with Crippen LogP contribution in [0.15, 0.2) is 56.3 Å². The van der Waals surface area contributed by atoms with Crippen molar-refractivity contribution in [3.63, 3.8) is 0 Å². The van der Waals surface area contributed by atoms with E-state index < -0.39 is 9.05 Å². The average molecular weight is 454 g/mol. The first-order valence-electron chi connectivity index (χ1n) is 5.58. The third-order valence-corrected chi connectivity index (χ3v) is 5.33. The van der Waals surface area contributed by atoms with Gasteiger partial charge in [-0.3, -0.25) is 4.79 Å². The number of nitrogens with one attached hydrogen (secondary N) is 1. The Bertz CT molecular complexity index is 809. The summed E-state index contributed by atoms with van der Waals surface area (Å²) in [4.78, 5) is 12.0. The number of hydrogen-bond acceptors (Lipinski definition) is 3. The van der Waals surface area contributed by atoms with Gasteiger partial charge in [-0.15, -0.1) is 0 Å². The molecule has 0 atom stereocenters. The van der Waals surface area contributed by atoms with Gasteiger partial charge < -0.3 is 5.32 Å². The lowest BCUT2D eigenvalue weighted by Gasteiger charge is -2.08. The maximum absolute atomic E-state index is 12.1. The zero-order valence-electron chi connectivity index (χ0n) is 10.3. The molecule has 0 saturated heterocycles. The number of anilines is 1. The van der Waals surface area contributed by atoms with Crippen LogP contribution in [0.5, 0.6) is 0 Å². The highest BCUT2D eigenvalue weighted by Gasteiger charge is 2.15. The quantitative estimate of drug-likeness (QED) is 0.701. The molecule has 8 heteroatoms. The van der Waals surface area contributed by atoms with Crippen LogP contribution < -0.4 is 5.32 Å². The van der Waals surface area contributed by atoms with Gasteiger partial charge in [0.2, 0.25) is 0 Å². The van der Waals surface area contributed by atoms with E-state index in [4.69, 9.17) is 10.7 Å². The van der Waals surface area contributed by atoms with E-state index in [-0.39, 0.29) is 15.3 Å². The summed E-state index contributed by atoms with van der Waals surface area (Å²) >= 11 is 6.41. The zero-order chi connectivity index (χ0) is 15.6. The van der Waals surface area contributed by atoms with E-state index in [2.05, 4.69) is 37.2 Å². The van der Waals surface area contributed by atoms with E-state index in [9.17, 15) is 13.2 Å². The van der Waals surface area contributed by atoms with Crippen molar-refractivity contribution in [3.8, 4) is 0 Å². The average Bonchev–Trinajstić information content (AvgIpc) is 2.37. The summed E-state index contributed by atoms with van der Waals surface area (Å²) in [5, 5.41) is 2.68.